The fraction of sp³-hybridized carbons (Fsp3) is 0.357. The number of nitrogens with one attached hydrogen (secondary N) is 2. The maximum absolute atomic E-state index is 11.6. The van der Waals surface area contributed by atoms with E-state index in [9.17, 15) is 9.59 Å². The van der Waals surface area contributed by atoms with Crippen LogP contribution in [-0.4, -0.2) is 25.7 Å². The number of ether oxygens (including phenoxy) is 1. The van der Waals surface area contributed by atoms with Crippen molar-refractivity contribution in [2.75, 3.05) is 19.0 Å². The van der Waals surface area contributed by atoms with Crippen LogP contribution in [0.15, 0.2) is 18.2 Å². The number of esters is 1. The van der Waals surface area contributed by atoms with Crippen molar-refractivity contribution in [1.82, 2.24) is 5.32 Å². The summed E-state index contributed by atoms with van der Waals surface area (Å²) in [6.07, 6.45) is 1.66. The van der Waals surface area contributed by atoms with E-state index in [0.717, 1.165) is 0 Å². The molecule has 0 spiro atoms. The second-order valence-electron chi connectivity index (χ2n) is 4.22. The first kappa shape index (κ1) is 16.8. The predicted molar refractivity (Wildman–Crippen MR) is 79.1 cm³/mol. The molecular weight excluding hydrogens is 294 g/mol. The minimum Gasteiger partial charge on any atom is -0.469 e. The number of carbonyl (C=O) groups excluding carboxylic acids is 2. The van der Waals surface area contributed by atoms with Gasteiger partial charge in [0.25, 0.3) is 0 Å². The Labute approximate surface area is 128 Å². The summed E-state index contributed by atoms with van der Waals surface area (Å²) in [5.74, 6) is -0.258. The van der Waals surface area contributed by atoms with E-state index in [0.29, 0.717) is 37.1 Å². The van der Waals surface area contributed by atoms with Gasteiger partial charge < -0.3 is 15.4 Å². The summed E-state index contributed by atoms with van der Waals surface area (Å²) in [7, 11) is 1.34. The summed E-state index contributed by atoms with van der Waals surface area (Å²) in [6.45, 7) is 0.451. The lowest BCUT2D eigenvalue weighted by Crippen LogP contribution is -2.29. The Balaban J connectivity index is 2.29. The first-order valence-electron chi connectivity index (χ1n) is 6.38. The van der Waals surface area contributed by atoms with E-state index >= 15 is 0 Å². The van der Waals surface area contributed by atoms with E-state index in [1.54, 1.807) is 6.07 Å². The van der Waals surface area contributed by atoms with Gasteiger partial charge in [-0.3, -0.25) is 4.79 Å². The number of hydrogen-bond acceptors (Lipinski definition) is 4. The van der Waals surface area contributed by atoms with Crippen LogP contribution >= 0.6 is 11.6 Å². The van der Waals surface area contributed by atoms with E-state index in [2.05, 4.69) is 15.4 Å². The third-order valence-corrected chi connectivity index (χ3v) is 2.98. The zero-order valence-electron chi connectivity index (χ0n) is 11.6. The lowest BCUT2D eigenvalue weighted by molar-refractivity contribution is -0.140. The van der Waals surface area contributed by atoms with E-state index in [1.807, 2.05) is 6.07 Å². The number of amides is 2. The second-order valence-corrected chi connectivity index (χ2v) is 4.63. The summed E-state index contributed by atoms with van der Waals surface area (Å²) in [6, 6.07) is 6.22. The Hall–Kier alpha value is -2.26. The van der Waals surface area contributed by atoms with E-state index in [1.165, 1.54) is 19.2 Å². The van der Waals surface area contributed by atoms with Crippen LogP contribution in [0.25, 0.3) is 0 Å². The van der Waals surface area contributed by atoms with Crippen molar-refractivity contribution in [3.8, 4) is 6.07 Å². The highest BCUT2D eigenvalue weighted by Gasteiger charge is 2.05. The molecule has 0 heterocycles. The first-order valence-corrected chi connectivity index (χ1v) is 6.76. The average Bonchev–Trinajstić information content (AvgIpc) is 2.46. The van der Waals surface area contributed by atoms with Crippen molar-refractivity contribution < 1.29 is 14.3 Å². The Bertz CT molecular complexity index is 555. The number of anilines is 1. The van der Waals surface area contributed by atoms with Gasteiger partial charge in [0.2, 0.25) is 0 Å². The molecule has 1 rings (SSSR count). The molecule has 0 radical (unpaired) electrons. The monoisotopic (exact) mass is 309 g/mol. The number of urea groups is 1. The van der Waals surface area contributed by atoms with Crippen LogP contribution in [0, 0.1) is 11.3 Å². The lowest BCUT2D eigenvalue weighted by Gasteiger charge is -2.08. The number of halogens is 1. The summed E-state index contributed by atoms with van der Waals surface area (Å²) >= 11 is 5.86. The molecule has 0 aromatic heterocycles. The van der Waals surface area contributed by atoms with E-state index in [4.69, 9.17) is 16.9 Å². The molecule has 0 fully saturated rings. The van der Waals surface area contributed by atoms with Crippen LogP contribution in [0.3, 0.4) is 0 Å². The molecule has 2 amide bonds. The van der Waals surface area contributed by atoms with Crippen molar-refractivity contribution in [3.63, 3.8) is 0 Å². The number of benzene rings is 1. The van der Waals surface area contributed by atoms with Gasteiger partial charge in [-0.1, -0.05) is 11.6 Å². The second kappa shape index (κ2) is 8.82. The topological polar surface area (TPSA) is 91.2 Å². The molecule has 2 N–H and O–H groups in total. The summed E-state index contributed by atoms with van der Waals surface area (Å²) < 4.78 is 4.51. The molecule has 0 bridgehead atoms. The molecule has 0 unspecified atom stereocenters. The van der Waals surface area contributed by atoms with Gasteiger partial charge in [0, 0.05) is 18.7 Å². The van der Waals surface area contributed by atoms with Crippen LogP contribution in [0.4, 0.5) is 10.5 Å². The van der Waals surface area contributed by atoms with Crippen LogP contribution in [0.2, 0.25) is 5.02 Å². The lowest BCUT2D eigenvalue weighted by atomic mass is 10.2. The van der Waals surface area contributed by atoms with Gasteiger partial charge in [-0.05, 0) is 31.0 Å². The number of carbonyl (C=O) groups is 2. The molecule has 0 aliphatic heterocycles. The van der Waals surface area contributed by atoms with Gasteiger partial charge in [-0.15, -0.1) is 0 Å². The highest BCUT2D eigenvalue weighted by Crippen LogP contribution is 2.19. The standard InChI is InChI=1S/C14H16ClN3O3/c1-21-13(19)4-2-3-7-17-14(20)18-11-6-5-10(9-16)12(15)8-11/h5-6,8H,2-4,7H2,1H3,(H2,17,18,20). The summed E-state index contributed by atoms with van der Waals surface area (Å²) in [4.78, 5) is 22.5. The molecule has 0 saturated carbocycles. The highest BCUT2D eigenvalue weighted by molar-refractivity contribution is 6.32. The largest absolute Gasteiger partial charge is 0.469 e. The van der Waals surface area contributed by atoms with Crippen molar-refractivity contribution in [2.45, 2.75) is 19.3 Å². The number of nitrogens with zero attached hydrogens (tertiary/aromatic N) is 1. The third-order valence-electron chi connectivity index (χ3n) is 2.67. The van der Waals surface area contributed by atoms with Crippen molar-refractivity contribution in [3.05, 3.63) is 28.8 Å². The number of rotatable bonds is 6. The van der Waals surface area contributed by atoms with E-state index in [-0.39, 0.29) is 17.0 Å². The van der Waals surface area contributed by atoms with Crippen molar-refractivity contribution >= 4 is 29.3 Å². The molecule has 0 atom stereocenters. The normalized spacial score (nSPS) is 9.57. The fourth-order valence-electron chi connectivity index (χ4n) is 1.56. The Morgan fingerprint density at radius 3 is 2.76 bits per heavy atom. The number of unbranched alkanes of at least 4 members (excludes halogenated alkanes) is 1. The predicted octanol–water partition coefficient (Wildman–Crippen LogP) is 2.68. The average molecular weight is 310 g/mol. The molecule has 7 heteroatoms. The van der Waals surface area contributed by atoms with Gasteiger partial charge in [0.1, 0.15) is 6.07 Å². The van der Waals surface area contributed by atoms with E-state index < -0.39 is 0 Å². The van der Waals surface area contributed by atoms with Gasteiger partial charge in [0.15, 0.2) is 0 Å². The van der Waals surface area contributed by atoms with Crippen LogP contribution < -0.4 is 10.6 Å². The van der Waals surface area contributed by atoms with Crippen LogP contribution in [-0.2, 0) is 9.53 Å². The SMILES string of the molecule is COC(=O)CCCCNC(=O)Nc1ccc(C#N)c(Cl)c1. The van der Waals surface area contributed by atoms with Gasteiger partial charge >= 0.3 is 12.0 Å². The Kier molecular flexibility index (Phi) is 7.05. The number of nitriles is 1. The summed E-state index contributed by atoms with van der Waals surface area (Å²) in [5, 5.41) is 14.3. The highest BCUT2D eigenvalue weighted by atomic mass is 35.5. The number of hydrogen-bond donors (Lipinski definition) is 2. The zero-order chi connectivity index (χ0) is 15.7. The van der Waals surface area contributed by atoms with Crippen LogP contribution in [0.5, 0.6) is 0 Å². The third kappa shape index (κ3) is 6.15. The molecule has 21 heavy (non-hydrogen) atoms. The minimum atomic E-state index is -0.367. The number of methoxy groups -OCH3 is 1. The molecule has 1 aromatic rings. The molecule has 0 aliphatic carbocycles. The molecule has 1 aromatic carbocycles. The fourth-order valence-corrected chi connectivity index (χ4v) is 1.78. The molecular formula is C14H16ClN3O3. The minimum absolute atomic E-state index is 0.258. The quantitative estimate of drug-likeness (QED) is 0.624. The molecule has 0 aliphatic rings. The first-order chi connectivity index (χ1) is 10.1. The maximum atomic E-state index is 11.6. The Morgan fingerprint density at radius 1 is 1.38 bits per heavy atom. The summed E-state index contributed by atoms with van der Waals surface area (Å²) in [5.41, 5.74) is 0.858. The van der Waals surface area contributed by atoms with Gasteiger partial charge in [-0.25, -0.2) is 4.79 Å². The molecule has 112 valence electrons. The van der Waals surface area contributed by atoms with Crippen LogP contribution in [0.1, 0.15) is 24.8 Å². The smallest absolute Gasteiger partial charge is 0.319 e. The Morgan fingerprint density at radius 2 is 2.14 bits per heavy atom. The van der Waals surface area contributed by atoms with Crippen molar-refractivity contribution in [1.29, 1.82) is 5.26 Å². The van der Waals surface area contributed by atoms with Gasteiger partial charge in [0.05, 0.1) is 17.7 Å². The molecule has 6 nitrogen and oxygen atoms in total. The van der Waals surface area contributed by atoms with Crippen molar-refractivity contribution in [2.24, 2.45) is 0 Å². The maximum Gasteiger partial charge on any atom is 0.319 e. The van der Waals surface area contributed by atoms with Gasteiger partial charge in [-0.2, -0.15) is 5.26 Å². The molecule has 0 saturated heterocycles. The zero-order valence-corrected chi connectivity index (χ0v) is 12.4.